The van der Waals surface area contributed by atoms with Gasteiger partial charge in [-0.1, -0.05) is 6.92 Å². The summed E-state index contributed by atoms with van der Waals surface area (Å²) >= 11 is 0. The summed E-state index contributed by atoms with van der Waals surface area (Å²) in [6.45, 7) is 6.68. The number of rotatable bonds is 7. The number of aryl methyl sites for hydroxylation is 1. The summed E-state index contributed by atoms with van der Waals surface area (Å²) in [4.78, 5) is 11.3. The minimum absolute atomic E-state index is 0.0392. The molecule has 1 amide bonds. The lowest BCUT2D eigenvalue weighted by Gasteiger charge is -2.06. The van der Waals surface area contributed by atoms with E-state index in [0.29, 0.717) is 19.6 Å². The van der Waals surface area contributed by atoms with Gasteiger partial charge in [-0.2, -0.15) is 5.10 Å². The van der Waals surface area contributed by atoms with E-state index in [1.807, 2.05) is 24.0 Å². The maximum atomic E-state index is 11.3. The van der Waals surface area contributed by atoms with Gasteiger partial charge >= 0.3 is 0 Å². The molecule has 0 radical (unpaired) electrons. The van der Waals surface area contributed by atoms with Gasteiger partial charge < -0.3 is 10.6 Å². The summed E-state index contributed by atoms with van der Waals surface area (Å²) in [5, 5.41) is 10.0. The first-order valence-corrected chi connectivity index (χ1v) is 5.69. The van der Waals surface area contributed by atoms with Crippen LogP contribution in [0.25, 0.3) is 0 Å². The second-order valence-corrected chi connectivity index (χ2v) is 3.81. The normalized spacial score (nSPS) is 10.4. The lowest BCUT2D eigenvalue weighted by molar-refractivity contribution is -0.120. The SMILES string of the molecule is CCCNCC(=O)NCCn1cc(C)cn1. The maximum Gasteiger partial charge on any atom is 0.234 e. The molecule has 1 aromatic heterocycles. The molecule has 16 heavy (non-hydrogen) atoms. The number of hydrogen-bond acceptors (Lipinski definition) is 3. The van der Waals surface area contributed by atoms with E-state index >= 15 is 0 Å². The molecule has 0 saturated heterocycles. The van der Waals surface area contributed by atoms with Crippen molar-refractivity contribution >= 4 is 5.91 Å². The second-order valence-electron chi connectivity index (χ2n) is 3.81. The number of hydrogen-bond donors (Lipinski definition) is 2. The Morgan fingerprint density at radius 3 is 2.94 bits per heavy atom. The maximum absolute atomic E-state index is 11.3. The van der Waals surface area contributed by atoms with Gasteiger partial charge in [0.25, 0.3) is 0 Å². The van der Waals surface area contributed by atoms with E-state index in [1.54, 1.807) is 0 Å². The Bertz CT molecular complexity index is 322. The van der Waals surface area contributed by atoms with Crippen molar-refractivity contribution in [1.82, 2.24) is 20.4 Å². The number of nitrogens with one attached hydrogen (secondary N) is 2. The first-order valence-electron chi connectivity index (χ1n) is 5.69. The number of carbonyl (C=O) groups excluding carboxylic acids is 1. The summed E-state index contributed by atoms with van der Waals surface area (Å²) in [6, 6.07) is 0. The van der Waals surface area contributed by atoms with Crippen molar-refractivity contribution in [3.05, 3.63) is 18.0 Å². The van der Waals surface area contributed by atoms with Gasteiger partial charge in [-0.05, 0) is 25.5 Å². The van der Waals surface area contributed by atoms with Crippen LogP contribution in [-0.4, -0.2) is 35.3 Å². The predicted octanol–water partition coefficient (Wildman–Crippen LogP) is 0.307. The zero-order chi connectivity index (χ0) is 11.8. The highest BCUT2D eigenvalue weighted by Gasteiger charge is 1.99. The summed E-state index contributed by atoms with van der Waals surface area (Å²) in [5.41, 5.74) is 1.14. The highest BCUT2D eigenvalue weighted by atomic mass is 16.1. The van der Waals surface area contributed by atoms with Crippen LogP contribution in [0.2, 0.25) is 0 Å². The average Bonchev–Trinajstić information content (AvgIpc) is 2.65. The Kier molecular flexibility index (Phi) is 5.56. The van der Waals surface area contributed by atoms with Gasteiger partial charge in [-0.25, -0.2) is 0 Å². The third-order valence-electron chi connectivity index (χ3n) is 2.14. The molecule has 0 spiro atoms. The van der Waals surface area contributed by atoms with Crippen LogP contribution in [0.5, 0.6) is 0 Å². The Hall–Kier alpha value is -1.36. The molecule has 1 aromatic rings. The Morgan fingerprint density at radius 2 is 2.31 bits per heavy atom. The second kappa shape index (κ2) is 7.00. The van der Waals surface area contributed by atoms with Gasteiger partial charge in [0.1, 0.15) is 0 Å². The van der Waals surface area contributed by atoms with E-state index < -0.39 is 0 Å². The fraction of sp³-hybridized carbons (Fsp3) is 0.636. The monoisotopic (exact) mass is 224 g/mol. The van der Waals surface area contributed by atoms with E-state index in [4.69, 9.17) is 0 Å². The fourth-order valence-corrected chi connectivity index (χ4v) is 1.34. The zero-order valence-corrected chi connectivity index (χ0v) is 9.99. The van der Waals surface area contributed by atoms with Gasteiger partial charge in [0.2, 0.25) is 5.91 Å². The average molecular weight is 224 g/mol. The predicted molar refractivity (Wildman–Crippen MR) is 63.1 cm³/mol. The lowest BCUT2D eigenvalue weighted by atomic mass is 10.4. The molecule has 0 fully saturated rings. The van der Waals surface area contributed by atoms with Crippen molar-refractivity contribution in [1.29, 1.82) is 0 Å². The van der Waals surface area contributed by atoms with Crippen LogP contribution in [-0.2, 0) is 11.3 Å². The van der Waals surface area contributed by atoms with Gasteiger partial charge in [-0.15, -0.1) is 0 Å². The quantitative estimate of drug-likeness (QED) is 0.655. The van der Waals surface area contributed by atoms with Crippen LogP contribution in [0.4, 0.5) is 0 Å². The number of carbonyl (C=O) groups is 1. The smallest absolute Gasteiger partial charge is 0.234 e. The van der Waals surface area contributed by atoms with Crippen LogP contribution in [0.3, 0.4) is 0 Å². The molecule has 0 saturated carbocycles. The van der Waals surface area contributed by atoms with Crippen molar-refractivity contribution in [2.45, 2.75) is 26.8 Å². The van der Waals surface area contributed by atoms with Crippen molar-refractivity contribution in [3.63, 3.8) is 0 Å². The highest BCUT2D eigenvalue weighted by Crippen LogP contribution is 1.92. The Morgan fingerprint density at radius 1 is 1.50 bits per heavy atom. The summed E-state index contributed by atoms with van der Waals surface area (Å²) in [5.74, 6) is 0.0392. The zero-order valence-electron chi connectivity index (χ0n) is 9.99. The molecule has 1 rings (SSSR count). The van der Waals surface area contributed by atoms with E-state index in [0.717, 1.165) is 18.5 Å². The molecule has 5 nitrogen and oxygen atoms in total. The molecule has 0 aliphatic rings. The molecule has 0 bridgehead atoms. The van der Waals surface area contributed by atoms with Crippen molar-refractivity contribution in [2.24, 2.45) is 0 Å². The van der Waals surface area contributed by atoms with E-state index in [1.165, 1.54) is 0 Å². The molecule has 0 unspecified atom stereocenters. The summed E-state index contributed by atoms with van der Waals surface area (Å²) in [7, 11) is 0. The van der Waals surface area contributed by atoms with Crippen molar-refractivity contribution in [3.8, 4) is 0 Å². The van der Waals surface area contributed by atoms with Gasteiger partial charge in [-0.3, -0.25) is 9.48 Å². The third kappa shape index (κ3) is 4.93. The molecule has 0 aliphatic carbocycles. The molecular weight excluding hydrogens is 204 g/mol. The fourth-order valence-electron chi connectivity index (χ4n) is 1.34. The minimum atomic E-state index is 0.0392. The third-order valence-corrected chi connectivity index (χ3v) is 2.14. The van der Waals surface area contributed by atoms with Gasteiger partial charge in [0.05, 0.1) is 19.3 Å². The van der Waals surface area contributed by atoms with E-state index in [9.17, 15) is 4.79 Å². The highest BCUT2D eigenvalue weighted by molar-refractivity contribution is 5.77. The Balaban J connectivity index is 2.08. The van der Waals surface area contributed by atoms with Crippen LogP contribution >= 0.6 is 0 Å². The number of amides is 1. The molecule has 2 N–H and O–H groups in total. The van der Waals surface area contributed by atoms with Crippen molar-refractivity contribution < 1.29 is 4.79 Å². The van der Waals surface area contributed by atoms with Crippen LogP contribution in [0.1, 0.15) is 18.9 Å². The molecule has 1 heterocycles. The minimum Gasteiger partial charge on any atom is -0.353 e. The first kappa shape index (κ1) is 12.7. The molecule has 5 heteroatoms. The molecule has 0 aliphatic heterocycles. The lowest BCUT2D eigenvalue weighted by Crippen LogP contribution is -2.35. The number of aromatic nitrogens is 2. The number of nitrogens with zero attached hydrogens (tertiary/aromatic N) is 2. The topological polar surface area (TPSA) is 59.0 Å². The van der Waals surface area contributed by atoms with E-state index in [-0.39, 0.29) is 5.91 Å². The van der Waals surface area contributed by atoms with Gasteiger partial charge in [0.15, 0.2) is 0 Å². The van der Waals surface area contributed by atoms with Crippen LogP contribution < -0.4 is 10.6 Å². The molecule has 0 aromatic carbocycles. The van der Waals surface area contributed by atoms with Gasteiger partial charge in [0, 0.05) is 12.7 Å². The van der Waals surface area contributed by atoms with Crippen LogP contribution in [0, 0.1) is 6.92 Å². The molecule has 0 atom stereocenters. The summed E-state index contributed by atoms with van der Waals surface area (Å²) < 4.78 is 1.83. The summed E-state index contributed by atoms with van der Waals surface area (Å²) in [6.07, 6.45) is 4.81. The molecular formula is C11H20N4O. The first-order chi connectivity index (χ1) is 7.72. The van der Waals surface area contributed by atoms with E-state index in [2.05, 4.69) is 22.7 Å². The largest absolute Gasteiger partial charge is 0.353 e. The van der Waals surface area contributed by atoms with Crippen molar-refractivity contribution in [2.75, 3.05) is 19.6 Å². The van der Waals surface area contributed by atoms with Crippen LogP contribution in [0.15, 0.2) is 12.4 Å². The standard InChI is InChI=1S/C11H20N4O/c1-3-4-12-8-11(16)13-5-6-15-9-10(2)7-14-15/h7,9,12H,3-6,8H2,1-2H3,(H,13,16). The molecule has 90 valence electrons. The Labute approximate surface area is 96.2 Å².